The van der Waals surface area contributed by atoms with Crippen LogP contribution in [0.1, 0.15) is 32.3 Å². The molecule has 0 bridgehead atoms. The van der Waals surface area contributed by atoms with Crippen LogP contribution >= 0.6 is 0 Å². The number of rotatable bonds is 7. The first-order chi connectivity index (χ1) is 12.6. The molecule has 0 fully saturated rings. The molecule has 0 atom stereocenters. The van der Waals surface area contributed by atoms with Gasteiger partial charge in [0.2, 0.25) is 0 Å². The van der Waals surface area contributed by atoms with E-state index in [0.717, 1.165) is 37.0 Å². The molecule has 0 saturated carbocycles. The van der Waals surface area contributed by atoms with Crippen LogP contribution in [0.25, 0.3) is 10.9 Å². The molecule has 0 saturated heterocycles. The van der Waals surface area contributed by atoms with Gasteiger partial charge in [0, 0.05) is 30.4 Å². The molecule has 3 rings (SSSR count). The summed E-state index contributed by atoms with van der Waals surface area (Å²) in [7, 11) is 0. The molecule has 0 aliphatic heterocycles. The van der Waals surface area contributed by atoms with Crippen molar-refractivity contribution in [2.75, 3.05) is 18.0 Å². The van der Waals surface area contributed by atoms with E-state index in [4.69, 9.17) is 0 Å². The van der Waals surface area contributed by atoms with Crippen LogP contribution in [-0.2, 0) is 0 Å². The highest BCUT2D eigenvalue weighted by Gasteiger charge is 2.09. The molecule has 0 aliphatic carbocycles. The fraction of sp³-hybridized carbons (Fsp3) is 0.286. The summed E-state index contributed by atoms with van der Waals surface area (Å²) in [5, 5.41) is 10.8. The zero-order valence-electron chi connectivity index (χ0n) is 15.2. The Bertz CT molecular complexity index is 894. The first-order valence-corrected chi connectivity index (χ1v) is 9.01. The predicted molar refractivity (Wildman–Crippen MR) is 106 cm³/mol. The van der Waals surface area contributed by atoms with Gasteiger partial charge in [-0.25, -0.2) is 4.39 Å². The highest BCUT2D eigenvalue weighted by Crippen LogP contribution is 2.27. The smallest absolute Gasteiger partial charge is 0.198 e. The number of aromatic hydroxyl groups is 1. The summed E-state index contributed by atoms with van der Waals surface area (Å²) in [5.74, 6) is -0.357. The number of nitrogens with zero attached hydrogens (tertiary/aromatic N) is 2. The zero-order valence-corrected chi connectivity index (χ0v) is 15.2. The first kappa shape index (κ1) is 18.0. The van der Waals surface area contributed by atoms with Gasteiger partial charge in [-0.3, -0.25) is 4.99 Å². The number of aromatic amines is 1. The Hall–Kier alpha value is -2.82. The minimum atomic E-state index is -0.346. The van der Waals surface area contributed by atoms with Crippen LogP contribution < -0.4 is 4.90 Å². The molecule has 2 aromatic carbocycles. The molecule has 3 aromatic rings. The number of halogens is 1. The minimum absolute atomic E-state index is 0.0111. The van der Waals surface area contributed by atoms with Gasteiger partial charge in [0.15, 0.2) is 5.88 Å². The second kappa shape index (κ2) is 8.04. The third-order valence-electron chi connectivity index (χ3n) is 4.32. The number of aromatic nitrogens is 1. The van der Waals surface area contributed by atoms with Crippen molar-refractivity contribution in [1.82, 2.24) is 4.98 Å². The van der Waals surface area contributed by atoms with E-state index in [9.17, 15) is 9.50 Å². The minimum Gasteiger partial charge on any atom is -0.494 e. The molecule has 0 unspecified atom stereocenters. The summed E-state index contributed by atoms with van der Waals surface area (Å²) in [6, 6.07) is 12.4. The lowest BCUT2D eigenvalue weighted by Crippen LogP contribution is -2.24. The summed E-state index contributed by atoms with van der Waals surface area (Å²) in [4.78, 5) is 9.60. The number of hydrogen-bond donors (Lipinski definition) is 2. The Morgan fingerprint density at radius 3 is 2.42 bits per heavy atom. The standard InChI is InChI=1S/C21H24FN3O/c1-3-11-25(12-4-2)17-8-6-16(7-9-17)23-14-19-18-10-5-15(22)13-20(18)24-21(19)26/h5-10,13-14,24,26H,3-4,11-12H2,1-2H3. The van der Waals surface area contributed by atoms with Crippen LogP contribution in [0.4, 0.5) is 15.8 Å². The number of benzene rings is 2. The molecule has 26 heavy (non-hydrogen) atoms. The molecular formula is C21H24FN3O. The van der Waals surface area contributed by atoms with Gasteiger partial charge in [0.05, 0.1) is 16.8 Å². The molecular weight excluding hydrogens is 329 g/mol. The van der Waals surface area contributed by atoms with Gasteiger partial charge in [0.1, 0.15) is 5.82 Å². The van der Waals surface area contributed by atoms with Crippen LogP contribution in [0.15, 0.2) is 47.5 Å². The molecule has 0 amide bonds. The lowest BCUT2D eigenvalue weighted by atomic mass is 10.2. The number of aliphatic imine (C=N–C) groups is 1. The lowest BCUT2D eigenvalue weighted by molar-refractivity contribution is 0.457. The Morgan fingerprint density at radius 2 is 1.77 bits per heavy atom. The molecule has 5 heteroatoms. The van der Waals surface area contributed by atoms with E-state index in [-0.39, 0.29) is 11.7 Å². The van der Waals surface area contributed by atoms with E-state index in [0.29, 0.717) is 11.1 Å². The van der Waals surface area contributed by atoms with Crippen LogP contribution in [0.3, 0.4) is 0 Å². The Morgan fingerprint density at radius 1 is 1.08 bits per heavy atom. The fourth-order valence-electron chi connectivity index (χ4n) is 3.11. The second-order valence-electron chi connectivity index (χ2n) is 6.34. The van der Waals surface area contributed by atoms with E-state index in [1.807, 2.05) is 12.1 Å². The van der Waals surface area contributed by atoms with Crippen molar-refractivity contribution in [2.24, 2.45) is 4.99 Å². The number of H-pyrrole nitrogens is 1. The predicted octanol–water partition coefficient (Wildman–Crippen LogP) is 5.39. The molecule has 1 aromatic heterocycles. The number of nitrogens with one attached hydrogen (secondary N) is 1. The van der Waals surface area contributed by atoms with Gasteiger partial charge >= 0.3 is 0 Å². The summed E-state index contributed by atoms with van der Waals surface area (Å²) in [6.07, 6.45) is 3.83. The van der Waals surface area contributed by atoms with Crippen molar-refractivity contribution < 1.29 is 9.50 Å². The van der Waals surface area contributed by atoms with Crippen molar-refractivity contribution >= 4 is 28.5 Å². The average molecular weight is 353 g/mol. The van der Waals surface area contributed by atoms with Crippen molar-refractivity contribution in [3.8, 4) is 5.88 Å². The van der Waals surface area contributed by atoms with Crippen LogP contribution in [0.2, 0.25) is 0 Å². The van der Waals surface area contributed by atoms with E-state index in [1.165, 1.54) is 17.8 Å². The summed E-state index contributed by atoms with van der Waals surface area (Å²) in [6.45, 7) is 6.44. The maximum absolute atomic E-state index is 13.3. The maximum Gasteiger partial charge on any atom is 0.198 e. The average Bonchev–Trinajstić information content (AvgIpc) is 2.94. The van der Waals surface area contributed by atoms with Crippen LogP contribution in [0.5, 0.6) is 5.88 Å². The maximum atomic E-state index is 13.3. The molecule has 2 N–H and O–H groups in total. The van der Waals surface area contributed by atoms with Gasteiger partial charge in [0.25, 0.3) is 0 Å². The molecule has 0 spiro atoms. The largest absolute Gasteiger partial charge is 0.494 e. The summed E-state index contributed by atoms with van der Waals surface area (Å²) in [5.41, 5.74) is 3.10. The quantitative estimate of drug-likeness (QED) is 0.560. The van der Waals surface area contributed by atoms with Gasteiger partial charge in [-0.15, -0.1) is 0 Å². The normalized spacial score (nSPS) is 11.5. The van der Waals surface area contributed by atoms with Crippen molar-refractivity contribution in [3.63, 3.8) is 0 Å². The van der Waals surface area contributed by atoms with E-state index < -0.39 is 0 Å². The summed E-state index contributed by atoms with van der Waals surface area (Å²) < 4.78 is 13.3. The monoisotopic (exact) mass is 353 g/mol. The van der Waals surface area contributed by atoms with Crippen LogP contribution in [-0.4, -0.2) is 29.4 Å². The van der Waals surface area contributed by atoms with E-state index >= 15 is 0 Å². The van der Waals surface area contributed by atoms with Crippen molar-refractivity contribution in [2.45, 2.75) is 26.7 Å². The molecule has 1 heterocycles. The van der Waals surface area contributed by atoms with E-state index in [2.05, 4.69) is 40.9 Å². The SMILES string of the molecule is CCCN(CCC)c1ccc(N=Cc2c(O)[nH]c3cc(F)ccc23)cc1. The molecule has 0 aliphatic rings. The zero-order chi connectivity index (χ0) is 18.5. The highest BCUT2D eigenvalue weighted by atomic mass is 19.1. The summed E-state index contributed by atoms with van der Waals surface area (Å²) >= 11 is 0. The van der Waals surface area contributed by atoms with Crippen LogP contribution in [0, 0.1) is 5.82 Å². The highest BCUT2D eigenvalue weighted by molar-refractivity contribution is 6.02. The van der Waals surface area contributed by atoms with Gasteiger partial charge in [-0.1, -0.05) is 13.8 Å². The topological polar surface area (TPSA) is 51.6 Å². The Balaban J connectivity index is 1.82. The molecule has 4 nitrogen and oxygen atoms in total. The Labute approximate surface area is 153 Å². The van der Waals surface area contributed by atoms with Gasteiger partial charge in [-0.2, -0.15) is 0 Å². The lowest BCUT2D eigenvalue weighted by Gasteiger charge is -2.23. The number of fused-ring (bicyclic) bond motifs is 1. The van der Waals surface area contributed by atoms with Gasteiger partial charge in [-0.05, 0) is 55.3 Å². The first-order valence-electron chi connectivity index (χ1n) is 9.01. The van der Waals surface area contributed by atoms with Crippen molar-refractivity contribution in [1.29, 1.82) is 0 Å². The third kappa shape index (κ3) is 3.87. The molecule has 0 radical (unpaired) electrons. The third-order valence-corrected chi connectivity index (χ3v) is 4.32. The number of anilines is 1. The second-order valence-corrected chi connectivity index (χ2v) is 6.34. The van der Waals surface area contributed by atoms with Gasteiger partial charge < -0.3 is 15.0 Å². The van der Waals surface area contributed by atoms with Crippen molar-refractivity contribution in [3.05, 3.63) is 53.8 Å². The number of hydrogen-bond acceptors (Lipinski definition) is 3. The Kier molecular flexibility index (Phi) is 5.56. The fourth-order valence-corrected chi connectivity index (χ4v) is 3.11. The molecule has 136 valence electrons. The van der Waals surface area contributed by atoms with E-state index in [1.54, 1.807) is 12.3 Å².